The number of carbonyl (C=O) groups is 2. The standard InChI is InChI=1S/C11H12O2/c1-8(12)10-5-3-4-6-11(7-10)9(2)13/h3,5-7H,4H2,1-2H3. The summed E-state index contributed by atoms with van der Waals surface area (Å²) in [6, 6.07) is 0. The first-order valence-electron chi connectivity index (χ1n) is 4.21. The zero-order valence-corrected chi connectivity index (χ0v) is 7.83. The van der Waals surface area contributed by atoms with Crippen LogP contribution in [0.3, 0.4) is 0 Å². The fourth-order valence-electron chi connectivity index (χ4n) is 1.13. The molecule has 68 valence electrons. The number of ketones is 2. The van der Waals surface area contributed by atoms with Crippen LogP contribution in [0.2, 0.25) is 0 Å². The van der Waals surface area contributed by atoms with Gasteiger partial charge in [-0.1, -0.05) is 18.2 Å². The Bertz CT molecular complexity index is 330. The summed E-state index contributed by atoms with van der Waals surface area (Å²) in [6.45, 7) is 3.00. The summed E-state index contributed by atoms with van der Waals surface area (Å²) >= 11 is 0. The summed E-state index contributed by atoms with van der Waals surface area (Å²) in [4.78, 5) is 22.1. The molecule has 2 heteroatoms. The van der Waals surface area contributed by atoms with Crippen molar-refractivity contribution in [2.45, 2.75) is 20.3 Å². The molecule has 0 spiro atoms. The van der Waals surface area contributed by atoms with Crippen LogP contribution in [0.1, 0.15) is 20.3 Å². The summed E-state index contributed by atoms with van der Waals surface area (Å²) in [5, 5.41) is 0. The van der Waals surface area contributed by atoms with Crippen LogP contribution in [0.25, 0.3) is 0 Å². The molecule has 0 fully saturated rings. The first kappa shape index (κ1) is 9.65. The Labute approximate surface area is 77.6 Å². The molecule has 13 heavy (non-hydrogen) atoms. The predicted molar refractivity (Wildman–Crippen MR) is 51.3 cm³/mol. The molecule has 0 radical (unpaired) electrons. The topological polar surface area (TPSA) is 34.1 Å². The second kappa shape index (κ2) is 3.99. The summed E-state index contributed by atoms with van der Waals surface area (Å²) < 4.78 is 0. The second-order valence-electron chi connectivity index (χ2n) is 3.01. The van der Waals surface area contributed by atoms with Crippen molar-refractivity contribution < 1.29 is 9.59 Å². The molecule has 0 bridgehead atoms. The van der Waals surface area contributed by atoms with Crippen molar-refractivity contribution in [3.8, 4) is 0 Å². The van der Waals surface area contributed by atoms with E-state index in [9.17, 15) is 9.59 Å². The van der Waals surface area contributed by atoms with E-state index >= 15 is 0 Å². The lowest BCUT2D eigenvalue weighted by atomic mass is 10.1. The van der Waals surface area contributed by atoms with Gasteiger partial charge in [0.1, 0.15) is 0 Å². The van der Waals surface area contributed by atoms with Gasteiger partial charge >= 0.3 is 0 Å². The maximum Gasteiger partial charge on any atom is 0.159 e. The molecule has 0 amide bonds. The molecule has 0 aromatic heterocycles. The van der Waals surface area contributed by atoms with E-state index in [0.29, 0.717) is 17.6 Å². The number of hydrogen-bond donors (Lipinski definition) is 0. The van der Waals surface area contributed by atoms with Gasteiger partial charge in [0, 0.05) is 11.1 Å². The van der Waals surface area contributed by atoms with E-state index in [1.807, 2.05) is 12.2 Å². The molecule has 0 saturated heterocycles. The molecule has 0 saturated carbocycles. The van der Waals surface area contributed by atoms with E-state index in [4.69, 9.17) is 0 Å². The van der Waals surface area contributed by atoms with Crippen LogP contribution in [-0.2, 0) is 9.59 Å². The average Bonchev–Trinajstić information content (AvgIpc) is 2.28. The molecule has 0 heterocycles. The number of rotatable bonds is 2. The molecular weight excluding hydrogens is 164 g/mol. The molecule has 1 aliphatic rings. The second-order valence-corrected chi connectivity index (χ2v) is 3.01. The highest BCUT2D eigenvalue weighted by atomic mass is 16.1. The minimum Gasteiger partial charge on any atom is -0.295 e. The van der Waals surface area contributed by atoms with E-state index in [1.165, 1.54) is 13.8 Å². The van der Waals surface area contributed by atoms with E-state index in [1.54, 1.807) is 12.2 Å². The molecule has 0 aliphatic heterocycles. The molecule has 1 aliphatic carbocycles. The molecule has 0 atom stereocenters. The number of Topliss-reactive ketones (excluding diaryl/α,β-unsaturated/α-hetero) is 2. The molecule has 2 nitrogen and oxygen atoms in total. The lowest BCUT2D eigenvalue weighted by molar-refractivity contribution is -0.113. The third-order valence-corrected chi connectivity index (χ3v) is 1.90. The van der Waals surface area contributed by atoms with E-state index in [-0.39, 0.29) is 11.6 Å². The lowest BCUT2D eigenvalue weighted by Gasteiger charge is -1.96. The van der Waals surface area contributed by atoms with Gasteiger partial charge in [-0.3, -0.25) is 9.59 Å². The van der Waals surface area contributed by atoms with Crippen molar-refractivity contribution in [1.82, 2.24) is 0 Å². The van der Waals surface area contributed by atoms with Crippen LogP contribution in [-0.4, -0.2) is 11.6 Å². The maximum atomic E-state index is 11.1. The van der Waals surface area contributed by atoms with Crippen LogP contribution < -0.4 is 0 Å². The normalized spacial score (nSPS) is 15.8. The van der Waals surface area contributed by atoms with Crippen molar-refractivity contribution in [3.05, 3.63) is 35.5 Å². The summed E-state index contributed by atoms with van der Waals surface area (Å²) in [5.41, 5.74) is 1.22. The van der Waals surface area contributed by atoms with Crippen molar-refractivity contribution in [1.29, 1.82) is 0 Å². The van der Waals surface area contributed by atoms with Crippen LogP contribution in [0, 0.1) is 0 Å². The SMILES string of the molecule is CC(=O)C1=CCC=CC(C(C)=O)=C1. The first-order chi connectivity index (χ1) is 6.11. The first-order valence-corrected chi connectivity index (χ1v) is 4.21. The van der Waals surface area contributed by atoms with Crippen molar-refractivity contribution >= 4 is 11.6 Å². The van der Waals surface area contributed by atoms with Gasteiger partial charge in [-0.15, -0.1) is 0 Å². The van der Waals surface area contributed by atoms with Gasteiger partial charge < -0.3 is 0 Å². The van der Waals surface area contributed by atoms with Crippen molar-refractivity contribution in [2.75, 3.05) is 0 Å². The molecule has 0 aromatic rings. The van der Waals surface area contributed by atoms with Gasteiger partial charge in [0.2, 0.25) is 0 Å². The molecular formula is C11H12O2. The van der Waals surface area contributed by atoms with Gasteiger partial charge in [-0.2, -0.15) is 0 Å². The Kier molecular flexibility index (Phi) is 2.96. The smallest absolute Gasteiger partial charge is 0.159 e. The Morgan fingerprint density at radius 2 is 1.77 bits per heavy atom. The zero-order chi connectivity index (χ0) is 9.84. The van der Waals surface area contributed by atoms with Crippen molar-refractivity contribution in [3.63, 3.8) is 0 Å². The monoisotopic (exact) mass is 176 g/mol. The largest absolute Gasteiger partial charge is 0.295 e. The average molecular weight is 176 g/mol. The Balaban J connectivity index is 3.03. The summed E-state index contributed by atoms with van der Waals surface area (Å²) in [6.07, 6.45) is 7.82. The van der Waals surface area contributed by atoms with Crippen LogP contribution in [0.4, 0.5) is 0 Å². The van der Waals surface area contributed by atoms with Gasteiger partial charge in [-0.25, -0.2) is 0 Å². The quantitative estimate of drug-likeness (QED) is 0.644. The lowest BCUT2D eigenvalue weighted by Crippen LogP contribution is -1.97. The van der Waals surface area contributed by atoms with E-state index in [2.05, 4.69) is 0 Å². The Morgan fingerprint density at radius 1 is 1.15 bits per heavy atom. The fourth-order valence-corrected chi connectivity index (χ4v) is 1.13. The van der Waals surface area contributed by atoms with Crippen molar-refractivity contribution in [2.24, 2.45) is 0 Å². The number of hydrogen-bond acceptors (Lipinski definition) is 2. The van der Waals surface area contributed by atoms with Crippen LogP contribution in [0.15, 0.2) is 35.5 Å². The minimum atomic E-state index is -0.00898. The van der Waals surface area contributed by atoms with E-state index in [0.717, 1.165) is 0 Å². The maximum absolute atomic E-state index is 11.1. The van der Waals surface area contributed by atoms with Crippen LogP contribution >= 0.6 is 0 Å². The molecule has 0 N–H and O–H groups in total. The minimum absolute atomic E-state index is 0.00227. The molecule has 0 aromatic carbocycles. The third kappa shape index (κ3) is 2.51. The van der Waals surface area contributed by atoms with Gasteiger partial charge in [0.05, 0.1) is 0 Å². The summed E-state index contributed by atoms with van der Waals surface area (Å²) in [5.74, 6) is -0.00671. The highest BCUT2D eigenvalue weighted by Crippen LogP contribution is 2.12. The predicted octanol–water partition coefficient (Wildman–Crippen LogP) is 1.98. The van der Waals surface area contributed by atoms with Gasteiger partial charge in [0.25, 0.3) is 0 Å². The fraction of sp³-hybridized carbons (Fsp3) is 0.273. The summed E-state index contributed by atoms with van der Waals surface area (Å²) in [7, 11) is 0. The number of allylic oxidation sites excluding steroid dienone is 6. The van der Waals surface area contributed by atoms with E-state index < -0.39 is 0 Å². The van der Waals surface area contributed by atoms with Gasteiger partial charge in [-0.05, 0) is 26.3 Å². The van der Waals surface area contributed by atoms with Crippen LogP contribution in [0.5, 0.6) is 0 Å². The number of carbonyl (C=O) groups excluding carboxylic acids is 2. The highest BCUT2D eigenvalue weighted by Gasteiger charge is 2.06. The van der Waals surface area contributed by atoms with Gasteiger partial charge in [0.15, 0.2) is 11.6 Å². The molecule has 0 unspecified atom stereocenters. The molecule has 1 rings (SSSR count). The Morgan fingerprint density at radius 3 is 2.31 bits per heavy atom. The zero-order valence-electron chi connectivity index (χ0n) is 7.83. The third-order valence-electron chi connectivity index (χ3n) is 1.90. The Hall–Kier alpha value is -1.44. The highest BCUT2D eigenvalue weighted by molar-refractivity contribution is 6.02.